The zero-order valence-corrected chi connectivity index (χ0v) is 10.00. The van der Waals surface area contributed by atoms with Gasteiger partial charge in [0.05, 0.1) is 17.6 Å². The van der Waals surface area contributed by atoms with E-state index in [0.717, 1.165) is 32.5 Å². The van der Waals surface area contributed by atoms with Gasteiger partial charge in [0, 0.05) is 13.0 Å². The highest BCUT2D eigenvalue weighted by molar-refractivity contribution is 5.03. The van der Waals surface area contributed by atoms with E-state index >= 15 is 0 Å². The van der Waals surface area contributed by atoms with E-state index in [4.69, 9.17) is 10.5 Å². The maximum atomic E-state index is 9.05. The molecule has 16 heavy (non-hydrogen) atoms. The fourth-order valence-corrected chi connectivity index (χ4v) is 2.53. The van der Waals surface area contributed by atoms with Gasteiger partial charge < -0.3 is 4.90 Å². The number of rotatable bonds is 3. The Hall–Kier alpha value is -1.06. The number of nitriles is 2. The van der Waals surface area contributed by atoms with Gasteiger partial charge in [-0.15, -0.1) is 0 Å². The lowest BCUT2D eigenvalue weighted by molar-refractivity contribution is 0.132. The van der Waals surface area contributed by atoms with Crippen molar-refractivity contribution in [2.75, 3.05) is 19.6 Å². The van der Waals surface area contributed by atoms with E-state index < -0.39 is 0 Å². The molecule has 86 valence electrons. The first-order valence-electron chi connectivity index (χ1n) is 6.12. The Morgan fingerprint density at radius 1 is 1.12 bits per heavy atom. The molecule has 2 rings (SSSR count). The fraction of sp³-hybridized carbons (Fsp3) is 0.846. The smallest absolute Gasteiger partial charge is 0.0687 e. The van der Waals surface area contributed by atoms with Crippen molar-refractivity contribution >= 4 is 0 Å². The summed E-state index contributed by atoms with van der Waals surface area (Å²) in [5, 5.41) is 17.8. The summed E-state index contributed by atoms with van der Waals surface area (Å²) in [6.07, 6.45) is 5.09. The zero-order valence-electron chi connectivity index (χ0n) is 10.00. The van der Waals surface area contributed by atoms with Crippen LogP contribution in [0, 0.1) is 33.5 Å². The maximum absolute atomic E-state index is 9.05. The monoisotopic (exact) mass is 217 g/mol. The third-order valence-electron chi connectivity index (χ3n) is 4.20. The Labute approximate surface area is 97.7 Å². The minimum Gasteiger partial charge on any atom is -0.303 e. The van der Waals surface area contributed by atoms with Crippen LogP contribution >= 0.6 is 0 Å². The summed E-state index contributed by atoms with van der Waals surface area (Å²) in [5.41, 5.74) is 0.206. The SMILES string of the molecule is CC1(C#N)CCN(CC2(CC#N)CC2)CC1. The third kappa shape index (κ3) is 2.36. The second-order valence-corrected chi connectivity index (χ2v) is 5.78. The molecule has 1 heterocycles. The Morgan fingerprint density at radius 3 is 2.19 bits per heavy atom. The van der Waals surface area contributed by atoms with Gasteiger partial charge in [-0.2, -0.15) is 10.5 Å². The van der Waals surface area contributed by atoms with Gasteiger partial charge in [0.2, 0.25) is 0 Å². The topological polar surface area (TPSA) is 50.8 Å². The molecule has 1 aliphatic heterocycles. The normalized spacial score (nSPS) is 26.7. The van der Waals surface area contributed by atoms with Crippen molar-refractivity contribution in [3.63, 3.8) is 0 Å². The third-order valence-corrected chi connectivity index (χ3v) is 4.20. The summed E-state index contributed by atoms with van der Waals surface area (Å²) in [4.78, 5) is 2.45. The Balaban J connectivity index is 1.83. The van der Waals surface area contributed by atoms with Gasteiger partial charge in [-0.3, -0.25) is 0 Å². The lowest BCUT2D eigenvalue weighted by Crippen LogP contribution is -2.40. The van der Waals surface area contributed by atoms with Gasteiger partial charge in [0.15, 0.2) is 0 Å². The Morgan fingerprint density at radius 2 is 1.75 bits per heavy atom. The molecule has 0 atom stereocenters. The van der Waals surface area contributed by atoms with Crippen LogP contribution in [-0.2, 0) is 0 Å². The van der Waals surface area contributed by atoms with Crippen LogP contribution in [-0.4, -0.2) is 24.5 Å². The number of nitrogens with zero attached hydrogens (tertiary/aromatic N) is 3. The van der Waals surface area contributed by atoms with Crippen LogP contribution in [0.1, 0.15) is 39.0 Å². The van der Waals surface area contributed by atoms with E-state index in [1.54, 1.807) is 0 Å². The summed E-state index contributed by atoms with van der Waals surface area (Å²) in [6, 6.07) is 4.73. The molecule has 2 aliphatic rings. The van der Waals surface area contributed by atoms with Gasteiger partial charge in [0.25, 0.3) is 0 Å². The van der Waals surface area contributed by atoms with Crippen LogP contribution in [0.5, 0.6) is 0 Å². The summed E-state index contributed by atoms with van der Waals surface area (Å²) in [6.45, 7) is 5.18. The molecule has 0 aromatic carbocycles. The number of hydrogen-bond acceptors (Lipinski definition) is 3. The standard InChI is InChI=1S/C13H19N3/c1-12(10-15)5-8-16(9-6-12)11-13(2-3-13)4-7-14/h2-6,8-9,11H2,1H3. The molecule has 0 aromatic rings. The Bertz CT molecular complexity index is 335. The van der Waals surface area contributed by atoms with E-state index in [2.05, 4.69) is 24.0 Å². The van der Waals surface area contributed by atoms with E-state index in [1.165, 1.54) is 12.8 Å². The molecule has 0 radical (unpaired) electrons. The second kappa shape index (κ2) is 4.07. The van der Waals surface area contributed by atoms with Gasteiger partial charge in [0.1, 0.15) is 0 Å². The lowest BCUT2D eigenvalue weighted by atomic mass is 9.81. The molecular formula is C13H19N3. The van der Waals surface area contributed by atoms with Crippen LogP contribution in [0.15, 0.2) is 0 Å². The average Bonchev–Trinajstić information content (AvgIpc) is 3.03. The van der Waals surface area contributed by atoms with Crippen molar-refractivity contribution in [1.82, 2.24) is 4.90 Å². The van der Waals surface area contributed by atoms with Crippen LogP contribution in [0.2, 0.25) is 0 Å². The summed E-state index contributed by atoms with van der Waals surface area (Å²) < 4.78 is 0. The van der Waals surface area contributed by atoms with Gasteiger partial charge in [-0.05, 0) is 51.1 Å². The zero-order chi connectivity index (χ0) is 11.6. The lowest BCUT2D eigenvalue weighted by Gasteiger charge is -2.36. The van der Waals surface area contributed by atoms with Crippen LogP contribution < -0.4 is 0 Å². The summed E-state index contributed by atoms with van der Waals surface area (Å²) >= 11 is 0. The highest BCUT2D eigenvalue weighted by Gasteiger charge is 2.44. The molecule has 1 saturated carbocycles. The van der Waals surface area contributed by atoms with Gasteiger partial charge in [-0.1, -0.05) is 0 Å². The molecule has 1 saturated heterocycles. The van der Waals surface area contributed by atoms with Crippen molar-refractivity contribution in [1.29, 1.82) is 10.5 Å². The first-order valence-corrected chi connectivity index (χ1v) is 6.12. The number of likely N-dealkylation sites (tertiary alicyclic amines) is 1. The molecule has 0 spiro atoms. The molecule has 1 aliphatic carbocycles. The van der Waals surface area contributed by atoms with Gasteiger partial charge >= 0.3 is 0 Å². The van der Waals surface area contributed by atoms with Crippen LogP contribution in [0.3, 0.4) is 0 Å². The van der Waals surface area contributed by atoms with Crippen molar-refractivity contribution in [3.8, 4) is 12.1 Å². The average molecular weight is 217 g/mol. The molecule has 0 aromatic heterocycles. The summed E-state index contributed by atoms with van der Waals surface area (Å²) in [7, 11) is 0. The molecule has 0 unspecified atom stereocenters. The molecule has 0 bridgehead atoms. The first kappa shape index (κ1) is 11.4. The van der Waals surface area contributed by atoms with Crippen LogP contribution in [0.25, 0.3) is 0 Å². The summed E-state index contributed by atoms with van der Waals surface area (Å²) in [5.74, 6) is 0. The van der Waals surface area contributed by atoms with E-state index in [9.17, 15) is 0 Å². The first-order chi connectivity index (χ1) is 7.61. The minimum atomic E-state index is -0.109. The van der Waals surface area contributed by atoms with Crippen molar-refractivity contribution in [3.05, 3.63) is 0 Å². The molecular weight excluding hydrogens is 198 g/mol. The second-order valence-electron chi connectivity index (χ2n) is 5.78. The van der Waals surface area contributed by atoms with Gasteiger partial charge in [-0.25, -0.2) is 0 Å². The van der Waals surface area contributed by atoms with Crippen LogP contribution in [0.4, 0.5) is 0 Å². The van der Waals surface area contributed by atoms with E-state index in [-0.39, 0.29) is 5.41 Å². The van der Waals surface area contributed by atoms with E-state index in [0.29, 0.717) is 11.8 Å². The minimum absolute atomic E-state index is 0.109. The van der Waals surface area contributed by atoms with Crippen molar-refractivity contribution in [2.45, 2.75) is 39.0 Å². The van der Waals surface area contributed by atoms with Crippen molar-refractivity contribution in [2.24, 2.45) is 10.8 Å². The molecule has 2 fully saturated rings. The number of piperidine rings is 1. The Kier molecular flexibility index (Phi) is 2.91. The quantitative estimate of drug-likeness (QED) is 0.729. The predicted octanol–water partition coefficient (Wildman–Crippen LogP) is 2.31. The maximum Gasteiger partial charge on any atom is 0.0687 e. The predicted molar refractivity (Wildman–Crippen MR) is 61.3 cm³/mol. The van der Waals surface area contributed by atoms with E-state index in [1.807, 2.05) is 0 Å². The molecule has 0 N–H and O–H groups in total. The fourth-order valence-electron chi connectivity index (χ4n) is 2.53. The highest BCUT2D eigenvalue weighted by atomic mass is 15.1. The molecule has 3 heteroatoms. The molecule has 3 nitrogen and oxygen atoms in total. The highest BCUT2D eigenvalue weighted by Crippen LogP contribution is 2.49. The largest absolute Gasteiger partial charge is 0.303 e. The number of hydrogen-bond donors (Lipinski definition) is 0. The molecule has 0 amide bonds. The van der Waals surface area contributed by atoms with Crippen molar-refractivity contribution < 1.29 is 0 Å².